The van der Waals surface area contributed by atoms with E-state index in [1.54, 1.807) is 7.05 Å². The third kappa shape index (κ3) is 3.29. The van der Waals surface area contributed by atoms with E-state index in [2.05, 4.69) is 9.88 Å². The summed E-state index contributed by atoms with van der Waals surface area (Å²) >= 11 is 1.35. The Hall–Kier alpha value is -1.34. The van der Waals surface area contributed by atoms with Gasteiger partial charge in [-0.3, -0.25) is 4.79 Å². The van der Waals surface area contributed by atoms with E-state index >= 15 is 0 Å². The summed E-state index contributed by atoms with van der Waals surface area (Å²) in [7, 11) is 1.68. The molecule has 3 N–H and O–H groups in total. The normalized spacial score (nSPS) is 16.1. The van der Waals surface area contributed by atoms with Crippen molar-refractivity contribution >= 4 is 28.2 Å². The Labute approximate surface area is 129 Å². The number of nitrogens with zero attached hydrogens (tertiary/aromatic N) is 3. The van der Waals surface area contributed by atoms with Crippen molar-refractivity contribution in [1.82, 2.24) is 9.88 Å². The molecule has 0 radical (unpaired) electrons. The molecule has 1 amide bonds. The molecule has 1 fully saturated rings. The predicted molar refractivity (Wildman–Crippen MR) is 85.8 cm³/mol. The van der Waals surface area contributed by atoms with Crippen LogP contribution in [0.4, 0.5) is 10.9 Å². The molecule has 1 aromatic heterocycles. The fourth-order valence-electron chi connectivity index (χ4n) is 2.23. The largest absolute Gasteiger partial charge is 0.394 e. The number of thiazole rings is 1. The first kappa shape index (κ1) is 16.0. The Morgan fingerprint density at radius 2 is 2.05 bits per heavy atom. The number of hydrogen-bond donors (Lipinski definition) is 2. The van der Waals surface area contributed by atoms with Crippen molar-refractivity contribution in [2.75, 3.05) is 37.4 Å². The average molecular weight is 312 g/mol. The lowest BCUT2D eigenvalue weighted by atomic mass is 10.1. The van der Waals surface area contributed by atoms with Gasteiger partial charge in [-0.15, -0.1) is 0 Å². The van der Waals surface area contributed by atoms with Crippen molar-refractivity contribution in [3.63, 3.8) is 0 Å². The van der Waals surface area contributed by atoms with Crippen LogP contribution in [0, 0.1) is 0 Å². The zero-order valence-electron chi connectivity index (χ0n) is 12.9. The fourth-order valence-corrected chi connectivity index (χ4v) is 3.24. The van der Waals surface area contributed by atoms with Crippen LogP contribution in [0.1, 0.15) is 42.8 Å². The summed E-state index contributed by atoms with van der Waals surface area (Å²) in [5.74, 6) is 0.0958. The lowest BCUT2D eigenvalue weighted by Gasteiger charge is -2.33. The van der Waals surface area contributed by atoms with E-state index < -0.39 is 5.54 Å². The number of likely N-dealkylation sites (N-methyl/N-ethyl adjacent to an activating group) is 1. The number of carbonyl (C=O) groups excluding carboxylic acids is 1. The Morgan fingerprint density at radius 1 is 1.43 bits per heavy atom. The number of rotatable bonds is 4. The van der Waals surface area contributed by atoms with Crippen LogP contribution in [-0.4, -0.2) is 53.2 Å². The molecule has 0 bridgehead atoms. The van der Waals surface area contributed by atoms with E-state index in [4.69, 9.17) is 5.73 Å². The minimum absolute atomic E-state index is 0.104. The number of aromatic nitrogens is 1. The Bertz CT molecular complexity index is 509. The van der Waals surface area contributed by atoms with E-state index in [0.29, 0.717) is 4.88 Å². The van der Waals surface area contributed by atoms with Gasteiger partial charge in [0.2, 0.25) is 0 Å². The highest BCUT2D eigenvalue weighted by atomic mass is 32.1. The first-order valence-electron chi connectivity index (χ1n) is 7.27. The van der Waals surface area contributed by atoms with Crippen molar-refractivity contribution in [2.45, 2.75) is 38.6 Å². The van der Waals surface area contributed by atoms with Gasteiger partial charge in [0.15, 0.2) is 5.13 Å². The second-order valence-electron chi connectivity index (χ2n) is 6.09. The Morgan fingerprint density at radius 3 is 2.62 bits per heavy atom. The van der Waals surface area contributed by atoms with Crippen LogP contribution in [0.5, 0.6) is 0 Å². The highest BCUT2D eigenvalue weighted by Gasteiger charge is 2.31. The molecule has 1 aliphatic heterocycles. The molecule has 6 nitrogen and oxygen atoms in total. The number of nitrogens with two attached hydrogens (primary N) is 1. The second-order valence-corrected chi connectivity index (χ2v) is 7.07. The molecule has 118 valence electrons. The topological polar surface area (TPSA) is 82.7 Å². The number of aliphatic hydroxyl groups is 1. The second kappa shape index (κ2) is 6.19. The molecule has 2 heterocycles. The lowest BCUT2D eigenvalue weighted by Crippen LogP contribution is -2.47. The molecular weight excluding hydrogens is 288 g/mol. The first-order chi connectivity index (χ1) is 9.86. The zero-order valence-corrected chi connectivity index (χ0v) is 13.7. The molecule has 0 aromatic carbocycles. The Balaban J connectivity index is 2.20. The van der Waals surface area contributed by atoms with Crippen molar-refractivity contribution in [1.29, 1.82) is 0 Å². The van der Waals surface area contributed by atoms with Gasteiger partial charge in [0.1, 0.15) is 10.7 Å². The minimum atomic E-state index is -0.626. The van der Waals surface area contributed by atoms with Gasteiger partial charge in [0.05, 0.1) is 12.1 Å². The Kier molecular flexibility index (Phi) is 4.73. The van der Waals surface area contributed by atoms with E-state index in [9.17, 15) is 9.90 Å². The number of nitrogen functional groups attached to an aromatic ring is 1. The molecule has 0 atom stereocenters. The summed E-state index contributed by atoms with van der Waals surface area (Å²) in [6.07, 6.45) is 3.55. The van der Waals surface area contributed by atoms with Crippen LogP contribution >= 0.6 is 11.3 Å². The van der Waals surface area contributed by atoms with Crippen LogP contribution in [0.25, 0.3) is 0 Å². The summed E-state index contributed by atoms with van der Waals surface area (Å²) in [5.41, 5.74) is 5.31. The molecule has 2 rings (SSSR count). The van der Waals surface area contributed by atoms with Gasteiger partial charge in [-0.2, -0.15) is 0 Å². The number of amides is 1. The summed E-state index contributed by atoms with van der Waals surface area (Å²) in [5, 5.41) is 10.2. The van der Waals surface area contributed by atoms with Gasteiger partial charge in [-0.05, 0) is 33.1 Å². The lowest BCUT2D eigenvalue weighted by molar-refractivity contribution is 0.0478. The SMILES string of the molecule is CN(C(=O)c1sc(N2CCCCC2)nc1N)C(C)(C)CO. The maximum Gasteiger partial charge on any atom is 0.268 e. The van der Waals surface area contributed by atoms with E-state index in [0.717, 1.165) is 31.1 Å². The number of hydrogen-bond acceptors (Lipinski definition) is 6. The van der Waals surface area contributed by atoms with Gasteiger partial charge in [-0.1, -0.05) is 11.3 Å². The molecule has 21 heavy (non-hydrogen) atoms. The van der Waals surface area contributed by atoms with E-state index in [1.807, 2.05) is 13.8 Å². The molecule has 0 aliphatic carbocycles. The number of anilines is 2. The maximum atomic E-state index is 12.6. The number of carbonyl (C=O) groups is 1. The summed E-state index contributed by atoms with van der Waals surface area (Å²) in [4.78, 5) is 21.1. The highest BCUT2D eigenvalue weighted by molar-refractivity contribution is 7.18. The highest BCUT2D eigenvalue weighted by Crippen LogP contribution is 2.31. The molecule has 1 saturated heterocycles. The smallest absolute Gasteiger partial charge is 0.268 e. The van der Waals surface area contributed by atoms with Crippen LogP contribution < -0.4 is 10.6 Å². The molecule has 1 aromatic rings. The van der Waals surface area contributed by atoms with E-state index in [-0.39, 0.29) is 18.3 Å². The average Bonchev–Trinajstić information content (AvgIpc) is 2.88. The van der Waals surface area contributed by atoms with Crippen molar-refractivity contribution in [3.05, 3.63) is 4.88 Å². The van der Waals surface area contributed by atoms with E-state index in [1.165, 1.54) is 22.7 Å². The predicted octanol–water partition coefficient (Wildman–Crippen LogP) is 1.56. The third-order valence-corrected chi connectivity index (χ3v) is 5.18. The van der Waals surface area contributed by atoms with Crippen molar-refractivity contribution in [3.8, 4) is 0 Å². The minimum Gasteiger partial charge on any atom is -0.394 e. The molecule has 0 spiro atoms. The maximum absolute atomic E-state index is 12.6. The number of piperidine rings is 1. The van der Waals surface area contributed by atoms with Crippen LogP contribution in [-0.2, 0) is 0 Å². The monoisotopic (exact) mass is 312 g/mol. The standard InChI is InChI=1S/C14H24N4O2S/c1-14(2,9-19)17(3)12(20)10-11(15)16-13(21-10)18-7-5-4-6-8-18/h19H,4-9,15H2,1-3H3. The third-order valence-electron chi connectivity index (χ3n) is 4.06. The molecular formula is C14H24N4O2S. The van der Waals surface area contributed by atoms with Crippen LogP contribution in [0.2, 0.25) is 0 Å². The molecule has 0 unspecified atom stereocenters. The molecule has 7 heteroatoms. The quantitative estimate of drug-likeness (QED) is 0.881. The van der Waals surface area contributed by atoms with Gasteiger partial charge in [-0.25, -0.2) is 4.98 Å². The van der Waals surface area contributed by atoms with Gasteiger partial charge >= 0.3 is 0 Å². The van der Waals surface area contributed by atoms with Crippen molar-refractivity contribution < 1.29 is 9.90 Å². The zero-order chi connectivity index (χ0) is 15.6. The summed E-state index contributed by atoms with van der Waals surface area (Å²) < 4.78 is 0. The van der Waals surface area contributed by atoms with Crippen LogP contribution in [0.15, 0.2) is 0 Å². The summed E-state index contributed by atoms with van der Waals surface area (Å²) in [6.45, 7) is 5.46. The van der Waals surface area contributed by atoms with Crippen LogP contribution in [0.3, 0.4) is 0 Å². The van der Waals surface area contributed by atoms with Crippen molar-refractivity contribution in [2.24, 2.45) is 0 Å². The summed E-state index contributed by atoms with van der Waals surface area (Å²) in [6, 6.07) is 0. The molecule has 1 aliphatic rings. The number of aliphatic hydroxyl groups excluding tert-OH is 1. The fraction of sp³-hybridized carbons (Fsp3) is 0.714. The van der Waals surface area contributed by atoms with Gasteiger partial charge < -0.3 is 20.6 Å². The molecule has 0 saturated carbocycles. The first-order valence-corrected chi connectivity index (χ1v) is 8.09. The van der Waals surface area contributed by atoms with Gasteiger partial charge in [0, 0.05) is 20.1 Å². The van der Waals surface area contributed by atoms with Gasteiger partial charge in [0.25, 0.3) is 5.91 Å².